The third-order valence-electron chi connectivity index (χ3n) is 4.39. The Morgan fingerprint density at radius 3 is 2.68 bits per heavy atom. The molecule has 104 valence electrons. The molecule has 4 heteroatoms. The number of anilines is 1. The first-order valence-electron chi connectivity index (χ1n) is 7.51. The second-order valence-corrected chi connectivity index (χ2v) is 6.20. The molecule has 2 fully saturated rings. The van der Waals surface area contributed by atoms with E-state index in [1.807, 2.05) is 0 Å². The van der Waals surface area contributed by atoms with Gasteiger partial charge in [0.1, 0.15) is 16.8 Å². The number of hydrogen-bond donors (Lipinski definition) is 0. The molecular weight excluding hydrogens is 258 g/mol. The van der Waals surface area contributed by atoms with Crippen molar-refractivity contribution >= 4 is 17.4 Å². The number of hydrogen-bond acceptors (Lipinski definition) is 3. The van der Waals surface area contributed by atoms with E-state index >= 15 is 0 Å². The molecule has 3 nitrogen and oxygen atoms in total. The SMILES string of the molecule is CCC1CCCCN1c1nc(C2CC2)nc(Cl)c1C. The maximum absolute atomic E-state index is 6.32. The molecule has 1 aromatic heterocycles. The van der Waals surface area contributed by atoms with Crippen LogP contribution in [0, 0.1) is 6.92 Å². The summed E-state index contributed by atoms with van der Waals surface area (Å²) in [6.07, 6.45) is 7.49. The van der Waals surface area contributed by atoms with Crippen molar-refractivity contribution in [2.24, 2.45) is 0 Å². The fourth-order valence-electron chi connectivity index (χ4n) is 3.00. The van der Waals surface area contributed by atoms with Gasteiger partial charge < -0.3 is 4.90 Å². The first-order chi connectivity index (χ1) is 9.20. The van der Waals surface area contributed by atoms with Crippen molar-refractivity contribution in [3.8, 4) is 0 Å². The number of nitrogens with zero attached hydrogens (tertiary/aromatic N) is 3. The summed E-state index contributed by atoms with van der Waals surface area (Å²) in [4.78, 5) is 11.8. The molecule has 0 amide bonds. The summed E-state index contributed by atoms with van der Waals surface area (Å²) >= 11 is 6.32. The summed E-state index contributed by atoms with van der Waals surface area (Å²) < 4.78 is 0. The normalized spacial score (nSPS) is 23.7. The molecule has 2 heterocycles. The van der Waals surface area contributed by atoms with Crippen LogP contribution in [-0.4, -0.2) is 22.6 Å². The highest BCUT2D eigenvalue weighted by molar-refractivity contribution is 6.30. The minimum absolute atomic E-state index is 0.557. The lowest BCUT2D eigenvalue weighted by molar-refractivity contribution is 0.445. The molecule has 2 aliphatic rings. The number of aromatic nitrogens is 2. The molecule has 0 spiro atoms. The number of piperidine rings is 1. The van der Waals surface area contributed by atoms with E-state index in [1.54, 1.807) is 0 Å². The highest BCUT2D eigenvalue weighted by Gasteiger charge is 2.30. The Morgan fingerprint density at radius 1 is 1.21 bits per heavy atom. The summed E-state index contributed by atoms with van der Waals surface area (Å²) in [5, 5.41) is 0.646. The Kier molecular flexibility index (Phi) is 3.66. The number of halogens is 1. The zero-order chi connectivity index (χ0) is 13.4. The molecule has 0 bridgehead atoms. The molecule has 1 unspecified atom stereocenters. The van der Waals surface area contributed by atoms with Crippen molar-refractivity contribution in [2.45, 2.75) is 64.3 Å². The molecule has 0 aromatic carbocycles. The second kappa shape index (κ2) is 5.28. The lowest BCUT2D eigenvalue weighted by Gasteiger charge is -2.37. The van der Waals surface area contributed by atoms with Crippen LogP contribution in [0.5, 0.6) is 0 Å². The fourth-order valence-corrected chi connectivity index (χ4v) is 3.17. The Hall–Kier alpha value is -0.830. The predicted molar refractivity (Wildman–Crippen MR) is 79.0 cm³/mol. The van der Waals surface area contributed by atoms with Crippen LogP contribution in [0.15, 0.2) is 0 Å². The quantitative estimate of drug-likeness (QED) is 0.781. The molecule has 0 radical (unpaired) electrons. The topological polar surface area (TPSA) is 29.0 Å². The average Bonchev–Trinajstić information content (AvgIpc) is 3.26. The Bertz CT molecular complexity index is 471. The van der Waals surface area contributed by atoms with Crippen LogP contribution in [0.2, 0.25) is 5.15 Å². The van der Waals surface area contributed by atoms with E-state index in [4.69, 9.17) is 16.6 Å². The molecule has 0 N–H and O–H groups in total. The highest BCUT2D eigenvalue weighted by Crippen LogP contribution is 2.40. The van der Waals surface area contributed by atoms with E-state index in [2.05, 4.69) is 23.7 Å². The van der Waals surface area contributed by atoms with Crippen molar-refractivity contribution in [2.75, 3.05) is 11.4 Å². The lowest BCUT2D eigenvalue weighted by Crippen LogP contribution is -2.40. The Labute approximate surface area is 120 Å². The summed E-state index contributed by atoms with van der Waals surface area (Å²) in [6, 6.07) is 0.616. The second-order valence-electron chi connectivity index (χ2n) is 5.85. The van der Waals surface area contributed by atoms with E-state index in [1.165, 1.54) is 38.5 Å². The molecule has 1 saturated carbocycles. The predicted octanol–water partition coefficient (Wildman–Crippen LogP) is 4.08. The minimum Gasteiger partial charge on any atom is -0.353 e. The monoisotopic (exact) mass is 279 g/mol. The summed E-state index contributed by atoms with van der Waals surface area (Å²) in [7, 11) is 0. The van der Waals surface area contributed by atoms with Crippen molar-refractivity contribution < 1.29 is 0 Å². The van der Waals surface area contributed by atoms with Gasteiger partial charge in [-0.25, -0.2) is 9.97 Å². The summed E-state index contributed by atoms with van der Waals surface area (Å²) in [5.41, 5.74) is 1.05. The fraction of sp³-hybridized carbons (Fsp3) is 0.733. The molecular formula is C15H22ClN3. The third-order valence-corrected chi connectivity index (χ3v) is 4.76. The van der Waals surface area contributed by atoms with E-state index in [9.17, 15) is 0 Å². The first-order valence-corrected chi connectivity index (χ1v) is 7.89. The van der Waals surface area contributed by atoms with E-state index in [0.717, 1.165) is 23.8 Å². The van der Waals surface area contributed by atoms with Crippen molar-refractivity contribution in [3.63, 3.8) is 0 Å². The van der Waals surface area contributed by atoms with Gasteiger partial charge in [0.15, 0.2) is 0 Å². The van der Waals surface area contributed by atoms with Gasteiger partial charge in [-0.3, -0.25) is 0 Å². The van der Waals surface area contributed by atoms with E-state index in [-0.39, 0.29) is 0 Å². The van der Waals surface area contributed by atoms with Crippen LogP contribution in [-0.2, 0) is 0 Å². The van der Waals surface area contributed by atoms with Crippen LogP contribution in [0.1, 0.15) is 62.8 Å². The molecule has 1 atom stereocenters. The summed E-state index contributed by atoms with van der Waals surface area (Å²) in [6.45, 7) is 5.43. The van der Waals surface area contributed by atoms with Gasteiger partial charge in [0.2, 0.25) is 0 Å². The Balaban J connectivity index is 1.97. The zero-order valence-corrected chi connectivity index (χ0v) is 12.6. The van der Waals surface area contributed by atoms with E-state index in [0.29, 0.717) is 17.1 Å². The highest BCUT2D eigenvalue weighted by atomic mass is 35.5. The maximum atomic E-state index is 6.32. The van der Waals surface area contributed by atoms with Gasteiger partial charge in [-0.1, -0.05) is 18.5 Å². The largest absolute Gasteiger partial charge is 0.353 e. The lowest BCUT2D eigenvalue weighted by atomic mass is 9.99. The molecule has 1 aliphatic heterocycles. The standard InChI is InChI=1S/C15H22ClN3/c1-3-12-6-4-5-9-19(12)15-10(2)13(16)17-14(18-15)11-7-8-11/h11-12H,3-9H2,1-2H3. The van der Waals surface area contributed by atoms with Crippen LogP contribution in [0.4, 0.5) is 5.82 Å². The van der Waals surface area contributed by atoms with Crippen molar-refractivity contribution in [1.29, 1.82) is 0 Å². The number of rotatable bonds is 3. The maximum Gasteiger partial charge on any atom is 0.137 e. The molecule has 1 aliphatic carbocycles. The van der Waals surface area contributed by atoms with Crippen LogP contribution in [0.25, 0.3) is 0 Å². The molecule has 19 heavy (non-hydrogen) atoms. The first kappa shape index (κ1) is 13.2. The molecule has 1 saturated heterocycles. The van der Waals surface area contributed by atoms with Gasteiger partial charge in [0, 0.05) is 24.1 Å². The zero-order valence-electron chi connectivity index (χ0n) is 11.8. The minimum atomic E-state index is 0.557. The molecule has 3 rings (SSSR count). The van der Waals surface area contributed by atoms with Gasteiger partial charge in [-0.15, -0.1) is 0 Å². The van der Waals surface area contributed by atoms with Gasteiger partial charge >= 0.3 is 0 Å². The van der Waals surface area contributed by atoms with Gasteiger partial charge in [-0.2, -0.15) is 0 Å². The smallest absolute Gasteiger partial charge is 0.137 e. The third kappa shape index (κ3) is 2.58. The van der Waals surface area contributed by atoms with Gasteiger partial charge in [0.05, 0.1) is 0 Å². The van der Waals surface area contributed by atoms with Crippen LogP contribution >= 0.6 is 11.6 Å². The molecule has 1 aromatic rings. The van der Waals surface area contributed by atoms with Gasteiger partial charge in [-0.05, 0) is 45.4 Å². The van der Waals surface area contributed by atoms with Crippen LogP contribution < -0.4 is 4.90 Å². The van der Waals surface area contributed by atoms with E-state index < -0.39 is 0 Å². The van der Waals surface area contributed by atoms with Crippen molar-refractivity contribution in [1.82, 2.24) is 9.97 Å². The van der Waals surface area contributed by atoms with Gasteiger partial charge in [0.25, 0.3) is 0 Å². The van der Waals surface area contributed by atoms with Crippen LogP contribution in [0.3, 0.4) is 0 Å². The average molecular weight is 280 g/mol. The summed E-state index contributed by atoms with van der Waals surface area (Å²) in [5.74, 6) is 2.61. The Morgan fingerprint density at radius 2 is 2.00 bits per heavy atom. The van der Waals surface area contributed by atoms with Crippen molar-refractivity contribution in [3.05, 3.63) is 16.5 Å².